The standard InChI is InChI=1S/C14H11N5S/c1-2-5-19-12(7-16-13(19)3-1)14-15-4-6-18(14)8-11-9-20-10-17-11/h1-7,9-10H,8H2. The minimum Gasteiger partial charge on any atom is -0.324 e. The maximum Gasteiger partial charge on any atom is 0.159 e. The lowest BCUT2D eigenvalue weighted by molar-refractivity contribution is 0.784. The van der Waals surface area contributed by atoms with Crippen LogP contribution in [-0.2, 0) is 6.54 Å². The number of hydrogen-bond donors (Lipinski definition) is 0. The van der Waals surface area contributed by atoms with Crippen molar-refractivity contribution < 1.29 is 0 Å². The Labute approximate surface area is 119 Å². The summed E-state index contributed by atoms with van der Waals surface area (Å²) in [7, 11) is 0. The zero-order valence-corrected chi connectivity index (χ0v) is 11.4. The zero-order valence-electron chi connectivity index (χ0n) is 10.5. The first-order valence-electron chi connectivity index (χ1n) is 6.22. The van der Waals surface area contributed by atoms with Crippen molar-refractivity contribution in [3.63, 3.8) is 0 Å². The summed E-state index contributed by atoms with van der Waals surface area (Å²) in [4.78, 5) is 13.2. The van der Waals surface area contributed by atoms with Crippen LogP contribution in [0.3, 0.4) is 0 Å². The highest BCUT2D eigenvalue weighted by atomic mass is 32.1. The Bertz CT molecular complexity index is 843. The molecular formula is C14H11N5S. The van der Waals surface area contributed by atoms with Crippen LogP contribution in [0.4, 0.5) is 0 Å². The molecule has 0 amide bonds. The molecule has 0 N–H and O–H groups in total. The van der Waals surface area contributed by atoms with Gasteiger partial charge in [0, 0.05) is 24.0 Å². The fraction of sp³-hybridized carbons (Fsp3) is 0.0714. The zero-order chi connectivity index (χ0) is 13.4. The summed E-state index contributed by atoms with van der Waals surface area (Å²) in [6.45, 7) is 0.721. The molecule has 20 heavy (non-hydrogen) atoms. The van der Waals surface area contributed by atoms with Crippen molar-refractivity contribution in [2.75, 3.05) is 0 Å². The van der Waals surface area contributed by atoms with Gasteiger partial charge in [-0.3, -0.25) is 4.40 Å². The SMILES string of the molecule is c1ccn2c(-c3nccn3Cc3cscn3)cnc2c1. The van der Waals surface area contributed by atoms with Crippen LogP contribution in [0.5, 0.6) is 0 Å². The van der Waals surface area contributed by atoms with Gasteiger partial charge in [0.15, 0.2) is 5.82 Å². The van der Waals surface area contributed by atoms with Gasteiger partial charge in [0.2, 0.25) is 0 Å². The van der Waals surface area contributed by atoms with E-state index in [1.165, 1.54) is 0 Å². The van der Waals surface area contributed by atoms with Gasteiger partial charge >= 0.3 is 0 Å². The second-order valence-electron chi connectivity index (χ2n) is 4.43. The maximum atomic E-state index is 4.47. The first-order valence-corrected chi connectivity index (χ1v) is 7.17. The predicted octanol–water partition coefficient (Wildman–Crippen LogP) is 2.70. The van der Waals surface area contributed by atoms with Crippen molar-refractivity contribution in [1.82, 2.24) is 23.9 Å². The Morgan fingerprint density at radius 2 is 2.10 bits per heavy atom. The molecule has 0 atom stereocenters. The van der Waals surface area contributed by atoms with Gasteiger partial charge in [-0.25, -0.2) is 15.0 Å². The number of nitrogens with zero attached hydrogens (tertiary/aromatic N) is 5. The largest absolute Gasteiger partial charge is 0.324 e. The summed E-state index contributed by atoms with van der Waals surface area (Å²) in [6.07, 6.45) is 7.63. The van der Waals surface area contributed by atoms with Gasteiger partial charge in [0.25, 0.3) is 0 Å². The maximum absolute atomic E-state index is 4.47. The van der Waals surface area contributed by atoms with E-state index in [-0.39, 0.29) is 0 Å². The van der Waals surface area contributed by atoms with E-state index in [0.717, 1.165) is 29.4 Å². The topological polar surface area (TPSA) is 48.0 Å². The predicted molar refractivity (Wildman–Crippen MR) is 77.6 cm³/mol. The second-order valence-corrected chi connectivity index (χ2v) is 5.15. The Morgan fingerprint density at radius 3 is 3.00 bits per heavy atom. The lowest BCUT2D eigenvalue weighted by atomic mass is 10.4. The number of thiazole rings is 1. The molecule has 5 nitrogen and oxygen atoms in total. The highest BCUT2D eigenvalue weighted by Crippen LogP contribution is 2.20. The van der Waals surface area contributed by atoms with E-state index in [2.05, 4.69) is 24.9 Å². The monoisotopic (exact) mass is 281 g/mol. The van der Waals surface area contributed by atoms with E-state index in [1.807, 2.05) is 52.9 Å². The van der Waals surface area contributed by atoms with Gasteiger partial charge in [-0.15, -0.1) is 11.3 Å². The Morgan fingerprint density at radius 1 is 1.10 bits per heavy atom. The third-order valence-electron chi connectivity index (χ3n) is 3.18. The van der Waals surface area contributed by atoms with Crippen LogP contribution in [0.2, 0.25) is 0 Å². The number of pyridine rings is 1. The van der Waals surface area contributed by atoms with Crippen LogP contribution in [0, 0.1) is 0 Å². The summed E-state index contributed by atoms with van der Waals surface area (Å²) in [5.41, 5.74) is 4.80. The average Bonchev–Trinajstić information content (AvgIpc) is 3.19. The lowest BCUT2D eigenvalue weighted by Gasteiger charge is -2.05. The third-order valence-corrected chi connectivity index (χ3v) is 3.81. The minimum absolute atomic E-state index is 0.721. The molecule has 98 valence electrons. The van der Waals surface area contributed by atoms with Gasteiger partial charge in [0.1, 0.15) is 11.3 Å². The van der Waals surface area contributed by atoms with Crippen molar-refractivity contribution in [2.24, 2.45) is 0 Å². The summed E-state index contributed by atoms with van der Waals surface area (Å²) in [5.74, 6) is 0.900. The van der Waals surface area contributed by atoms with Gasteiger partial charge in [-0.2, -0.15) is 0 Å². The molecule has 0 radical (unpaired) electrons. The Hall–Kier alpha value is -2.47. The Balaban J connectivity index is 1.81. The summed E-state index contributed by atoms with van der Waals surface area (Å²) < 4.78 is 4.13. The average molecular weight is 281 g/mol. The third kappa shape index (κ3) is 1.81. The summed E-state index contributed by atoms with van der Waals surface area (Å²) in [6, 6.07) is 5.96. The normalized spacial score (nSPS) is 11.2. The van der Waals surface area contributed by atoms with Crippen molar-refractivity contribution >= 4 is 17.0 Å². The van der Waals surface area contributed by atoms with Gasteiger partial charge in [-0.1, -0.05) is 6.07 Å². The number of imidazole rings is 2. The molecule has 0 saturated heterocycles. The van der Waals surface area contributed by atoms with Gasteiger partial charge in [-0.05, 0) is 12.1 Å². The minimum atomic E-state index is 0.721. The van der Waals surface area contributed by atoms with Crippen LogP contribution in [0.1, 0.15) is 5.69 Å². The molecule has 6 heteroatoms. The molecule has 0 spiro atoms. The smallest absolute Gasteiger partial charge is 0.159 e. The number of fused-ring (bicyclic) bond motifs is 1. The van der Waals surface area contributed by atoms with Crippen LogP contribution in [0.25, 0.3) is 17.2 Å². The molecule has 0 fully saturated rings. The van der Waals surface area contributed by atoms with E-state index in [4.69, 9.17) is 0 Å². The lowest BCUT2D eigenvalue weighted by Crippen LogP contribution is -2.02. The van der Waals surface area contributed by atoms with E-state index in [9.17, 15) is 0 Å². The number of aromatic nitrogens is 5. The fourth-order valence-corrected chi connectivity index (χ4v) is 2.81. The van der Waals surface area contributed by atoms with Crippen LogP contribution in [0.15, 0.2) is 53.9 Å². The molecule has 0 bridgehead atoms. The molecule has 0 unspecified atom stereocenters. The highest BCUT2D eigenvalue weighted by Gasteiger charge is 2.11. The van der Waals surface area contributed by atoms with Gasteiger partial charge < -0.3 is 4.57 Å². The highest BCUT2D eigenvalue weighted by molar-refractivity contribution is 7.07. The first kappa shape index (κ1) is 11.4. The van der Waals surface area contributed by atoms with Gasteiger partial charge in [0.05, 0.1) is 23.9 Å². The van der Waals surface area contributed by atoms with E-state index < -0.39 is 0 Å². The van der Waals surface area contributed by atoms with Crippen LogP contribution in [-0.4, -0.2) is 23.9 Å². The molecular weight excluding hydrogens is 270 g/mol. The van der Waals surface area contributed by atoms with Crippen molar-refractivity contribution in [3.8, 4) is 11.5 Å². The van der Waals surface area contributed by atoms with E-state index >= 15 is 0 Å². The molecule has 4 aromatic heterocycles. The van der Waals surface area contributed by atoms with E-state index in [1.54, 1.807) is 11.3 Å². The molecule has 0 saturated carbocycles. The number of hydrogen-bond acceptors (Lipinski definition) is 4. The molecule has 4 rings (SSSR count). The quantitative estimate of drug-likeness (QED) is 0.580. The first-order chi connectivity index (χ1) is 9.92. The van der Waals surface area contributed by atoms with Crippen molar-refractivity contribution in [3.05, 3.63) is 59.6 Å². The van der Waals surface area contributed by atoms with Crippen molar-refractivity contribution in [2.45, 2.75) is 6.54 Å². The molecule has 4 heterocycles. The summed E-state index contributed by atoms with van der Waals surface area (Å²) in [5, 5.41) is 2.05. The number of rotatable bonds is 3. The molecule has 0 aliphatic heterocycles. The molecule has 0 aliphatic carbocycles. The Kier molecular flexibility index (Phi) is 2.60. The second kappa shape index (κ2) is 4.57. The molecule has 0 aliphatic rings. The fourth-order valence-electron chi connectivity index (χ4n) is 2.26. The summed E-state index contributed by atoms with van der Waals surface area (Å²) >= 11 is 1.60. The molecule has 4 aromatic rings. The van der Waals surface area contributed by atoms with Crippen molar-refractivity contribution in [1.29, 1.82) is 0 Å². The van der Waals surface area contributed by atoms with E-state index in [0.29, 0.717) is 0 Å². The van der Waals surface area contributed by atoms with Crippen LogP contribution < -0.4 is 0 Å². The van der Waals surface area contributed by atoms with Crippen LogP contribution >= 0.6 is 11.3 Å². The molecule has 0 aromatic carbocycles.